The summed E-state index contributed by atoms with van der Waals surface area (Å²) in [5.74, 6) is -0.462. The van der Waals surface area contributed by atoms with Crippen LogP contribution in [0.3, 0.4) is 0 Å². The van der Waals surface area contributed by atoms with Gasteiger partial charge in [0.25, 0.3) is 0 Å². The van der Waals surface area contributed by atoms with Gasteiger partial charge in [0, 0.05) is 11.7 Å². The molecule has 0 radical (unpaired) electrons. The monoisotopic (exact) mass is 335 g/mol. The SMILES string of the molecule is O=C(Nc1ccc(F)cc1)C1CC(c2cccc3ccccc23)NN1. The molecule has 5 heteroatoms. The molecular weight excluding hydrogens is 317 g/mol. The van der Waals surface area contributed by atoms with E-state index >= 15 is 0 Å². The van der Waals surface area contributed by atoms with E-state index in [0.717, 1.165) is 0 Å². The Morgan fingerprint density at radius 2 is 1.72 bits per heavy atom. The number of hydrogen-bond acceptors (Lipinski definition) is 3. The van der Waals surface area contributed by atoms with E-state index in [1.165, 1.54) is 28.5 Å². The van der Waals surface area contributed by atoms with E-state index in [1.54, 1.807) is 12.1 Å². The fourth-order valence-electron chi connectivity index (χ4n) is 3.25. The fraction of sp³-hybridized carbons (Fsp3) is 0.150. The van der Waals surface area contributed by atoms with Gasteiger partial charge in [-0.25, -0.2) is 15.2 Å². The second-order valence-corrected chi connectivity index (χ2v) is 6.19. The van der Waals surface area contributed by atoms with Crippen LogP contribution in [0, 0.1) is 5.82 Å². The number of rotatable bonds is 3. The summed E-state index contributed by atoms with van der Waals surface area (Å²) in [6, 6.07) is 19.9. The topological polar surface area (TPSA) is 53.2 Å². The molecule has 126 valence electrons. The van der Waals surface area contributed by atoms with Crippen LogP contribution in [0.4, 0.5) is 10.1 Å². The van der Waals surface area contributed by atoms with E-state index in [2.05, 4.69) is 40.4 Å². The van der Waals surface area contributed by atoms with E-state index in [1.807, 2.05) is 18.2 Å². The molecule has 1 heterocycles. The number of fused-ring (bicyclic) bond motifs is 1. The Morgan fingerprint density at radius 1 is 0.960 bits per heavy atom. The molecule has 2 atom stereocenters. The van der Waals surface area contributed by atoms with Crippen LogP contribution in [0.5, 0.6) is 0 Å². The predicted molar refractivity (Wildman–Crippen MR) is 96.4 cm³/mol. The highest BCUT2D eigenvalue weighted by molar-refractivity contribution is 5.95. The summed E-state index contributed by atoms with van der Waals surface area (Å²) in [5, 5.41) is 5.18. The Kier molecular flexibility index (Phi) is 4.17. The first-order valence-electron chi connectivity index (χ1n) is 8.26. The fourth-order valence-corrected chi connectivity index (χ4v) is 3.25. The van der Waals surface area contributed by atoms with E-state index in [4.69, 9.17) is 0 Å². The van der Waals surface area contributed by atoms with Crippen molar-refractivity contribution in [2.45, 2.75) is 18.5 Å². The van der Waals surface area contributed by atoms with Crippen LogP contribution in [0.15, 0.2) is 66.7 Å². The van der Waals surface area contributed by atoms with Crippen LogP contribution in [0.2, 0.25) is 0 Å². The molecule has 4 nitrogen and oxygen atoms in total. The Labute approximate surface area is 145 Å². The standard InChI is InChI=1S/C20H18FN3O/c21-14-8-10-15(11-9-14)22-20(25)19-12-18(23-24-19)17-7-3-5-13-4-1-2-6-16(13)17/h1-11,18-19,23-24H,12H2,(H,22,25). The van der Waals surface area contributed by atoms with E-state index in [9.17, 15) is 9.18 Å². The Bertz CT molecular complexity index is 905. The van der Waals surface area contributed by atoms with Crippen molar-refractivity contribution in [3.8, 4) is 0 Å². The lowest BCUT2D eigenvalue weighted by Gasteiger charge is -2.13. The summed E-state index contributed by atoms with van der Waals surface area (Å²) < 4.78 is 13.0. The van der Waals surface area contributed by atoms with E-state index in [0.29, 0.717) is 12.1 Å². The minimum Gasteiger partial charge on any atom is -0.325 e. The van der Waals surface area contributed by atoms with Gasteiger partial charge in [-0.3, -0.25) is 4.79 Å². The van der Waals surface area contributed by atoms with Gasteiger partial charge in [-0.2, -0.15) is 0 Å². The number of nitrogens with one attached hydrogen (secondary N) is 3. The zero-order chi connectivity index (χ0) is 17.2. The molecule has 25 heavy (non-hydrogen) atoms. The highest BCUT2D eigenvalue weighted by Crippen LogP contribution is 2.29. The molecule has 1 amide bonds. The van der Waals surface area contributed by atoms with Crippen molar-refractivity contribution in [1.29, 1.82) is 0 Å². The number of carbonyl (C=O) groups is 1. The number of anilines is 1. The molecule has 4 rings (SSSR count). The Morgan fingerprint density at radius 3 is 2.56 bits per heavy atom. The lowest BCUT2D eigenvalue weighted by atomic mass is 9.96. The Hall–Kier alpha value is -2.76. The zero-order valence-corrected chi connectivity index (χ0v) is 13.5. The molecule has 0 saturated carbocycles. The first-order chi connectivity index (χ1) is 12.2. The second kappa shape index (κ2) is 6.63. The Balaban J connectivity index is 1.49. The van der Waals surface area contributed by atoms with Gasteiger partial charge in [-0.1, -0.05) is 42.5 Å². The van der Waals surface area contributed by atoms with Gasteiger partial charge in [0.1, 0.15) is 11.9 Å². The average Bonchev–Trinajstić information content (AvgIpc) is 3.13. The maximum absolute atomic E-state index is 13.0. The van der Waals surface area contributed by atoms with Gasteiger partial charge in [-0.05, 0) is 47.0 Å². The molecule has 1 aliphatic heterocycles. The molecular formula is C20H18FN3O. The van der Waals surface area contributed by atoms with Crippen molar-refractivity contribution in [1.82, 2.24) is 10.9 Å². The molecule has 0 aliphatic carbocycles. The lowest BCUT2D eigenvalue weighted by molar-refractivity contribution is -0.117. The highest BCUT2D eigenvalue weighted by atomic mass is 19.1. The van der Waals surface area contributed by atoms with Crippen LogP contribution in [0.1, 0.15) is 18.0 Å². The van der Waals surface area contributed by atoms with Crippen molar-refractivity contribution in [3.63, 3.8) is 0 Å². The lowest BCUT2D eigenvalue weighted by Crippen LogP contribution is -2.39. The maximum Gasteiger partial charge on any atom is 0.242 e. The third kappa shape index (κ3) is 3.24. The quantitative estimate of drug-likeness (QED) is 0.686. The van der Waals surface area contributed by atoms with Gasteiger partial charge in [0.05, 0.1) is 0 Å². The van der Waals surface area contributed by atoms with Crippen LogP contribution in [-0.2, 0) is 4.79 Å². The van der Waals surface area contributed by atoms with E-state index in [-0.39, 0.29) is 23.8 Å². The van der Waals surface area contributed by atoms with Crippen LogP contribution in [-0.4, -0.2) is 11.9 Å². The molecule has 3 N–H and O–H groups in total. The number of carbonyl (C=O) groups excluding carboxylic acids is 1. The minimum atomic E-state index is -0.353. The summed E-state index contributed by atoms with van der Waals surface area (Å²) in [5.41, 5.74) is 8.04. The van der Waals surface area contributed by atoms with E-state index < -0.39 is 0 Å². The van der Waals surface area contributed by atoms with Crippen molar-refractivity contribution in [3.05, 3.63) is 78.1 Å². The van der Waals surface area contributed by atoms with Gasteiger partial charge in [-0.15, -0.1) is 0 Å². The van der Waals surface area contributed by atoms with Crippen LogP contribution < -0.4 is 16.2 Å². The first-order valence-corrected chi connectivity index (χ1v) is 8.26. The number of benzene rings is 3. The number of hydrazine groups is 1. The van der Waals surface area contributed by atoms with Gasteiger partial charge < -0.3 is 5.32 Å². The molecule has 1 fully saturated rings. The normalized spacial score (nSPS) is 19.9. The molecule has 0 aromatic heterocycles. The number of hydrogen-bond donors (Lipinski definition) is 3. The largest absolute Gasteiger partial charge is 0.325 e. The van der Waals surface area contributed by atoms with Gasteiger partial charge in [0.15, 0.2) is 0 Å². The summed E-state index contributed by atoms with van der Waals surface area (Å²) in [7, 11) is 0. The van der Waals surface area contributed by atoms with Crippen molar-refractivity contribution in [2.75, 3.05) is 5.32 Å². The summed E-state index contributed by atoms with van der Waals surface area (Å²) in [6.07, 6.45) is 0.640. The summed E-state index contributed by atoms with van der Waals surface area (Å²) in [6.45, 7) is 0. The third-order valence-electron chi connectivity index (χ3n) is 4.53. The minimum absolute atomic E-state index is 0.0510. The number of halogens is 1. The highest BCUT2D eigenvalue weighted by Gasteiger charge is 2.30. The van der Waals surface area contributed by atoms with Crippen molar-refractivity contribution < 1.29 is 9.18 Å². The second-order valence-electron chi connectivity index (χ2n) is 6.19. The molecule has 3 aromatic carbocycles. The molecule has 2 unspecified atom stereocenters. The maximum atomic E-state index is 13.0. The first kappa shape index (κ1) is 15.7. The molecule has 0 spiro atoms. The molecule has 0 bridgehead atoms. The van der Waals surface area contributed by atoms with Crippen LogP contribution in [0.25, 0.3) is 10.8 Å². The third-order valence-corrected chi connectivity index (χ3v) is 4.53. The molecule has 1 saturated heterocycles. The van der Waals surface area contributed by atoms with Crippen LogP contribution >= 0.6 is 0 Å². The molecule has 1 aliphatic rings. The summed E-state index contributed by atoms with van der Waals surface area (Å²) in [4.78, 5) is 12.4. The summed E-state index contributed by atoms with van der Waals surface area (Å²) >= 11 is 0. The van der Waals surface area contributed by atoms with Gasteiger partial charge >= 0.3 is 0 Å². The van der Waals surface area contributed by atoms with Crippen molar-refractivity contribution >= 4 is 22.4 Å². The van der Waals surface area contributed by atoms with Gasteiger partial charge in [0.2, 0.25) is 5.91 Å². The molecule has 3 aromatic rings. The smallest absolute Gasteiger partial charge is 0.242 e. The van der Waals surface area contributed by atoms with Crippen molar-refractivity contribution in [2.24, 2.45) is 0 Å². The predicted octanol–water partition coefficient (Wildman–Crippen LogP) is 3.53. The average molecular weight is 335 g/mol. The number of amides is 1. The zero-order valence-electron chi connectivity index (χ0n) is 13.5.